The van der Waals surface area contributed by atoms with Gasteiger partial charge in [-0.2, -0.15) is 5.10 Å². The predicted molar refractivity (Wildman–Crippen MR) is 84.6 cm³/mol. The number of hydrogen-bond acceptors (Lipinski definition) is 3. The molecule has 0 radical (unpaired) electrons. The van der Waals surface area contributed by atoms with Crippen molar-refractivity contribution >= 4 is 23.4 Å². The van der Waals surface area contributed by atoms with Crippen LogP contribution >= 0.6 is 11.6 Å². The highest BCUT2D eigenvalue weighted by Crippen LogP contribution is 2.40. The molecular weight excluding hydrogens is 304 g/mol. The highest BCUT2D eigenvalue weighted by Gasteiger charge is 2.44. The van der Waals surface area contributed by atoms with Gasteiger partial charge in [-0.25, -0.2) is 0 Å². The number of aromatic nitrogens is 2. The zero-order valence-electron chi connectivity index (χ0n) is 13.3. The van der Waals surface area contributed by atoms with E-state index in [1.807, 2.05) is 6.92 Å². The Kier molecular flexibility index (Phi) is 4.52. The number of rotatable bonds is 4. The van der Waals surface area contributed by atoms with E-state index in [0.717, 1.165) is 12.8 Å². The zero-order valence-corrected chi connectivity index (χ0v) is 14.0. The summed E-state index contributed by atoms with van der Waals surface area (Å²) in [5, 5.41) is 7.15. The fraction of sp³-hybridized carbons (Fsp3) is 0.667. The van der Waals surface area contributed by atoms with Gasteiger partial charge in [0.2, 0.25) is 5.91 Å². The first-order valence-electron chi connectivity index (χ1n) is 7.54. The molecule has 6 nitrogen and oxygen atoms in total. The van der Waals surface area contributed by atoms with Crippen LogP contribution in [0.1, 0.15) is 56.9 Å². The lowest BCUT2D eigenvalue weighted by atomic mass is 9.69. The van der Waals surface area contributed by atoms with Gasteiger partial charge >= 0.3 is 0 Å². The van der Waals surface area contributed by atoms with Crippen LogP contribution in [0.4, 0.5) is 0 Å². The molecule has 122 valence electrons. The average Bonchev–Trinajstić information content (AvgIpc) is 2.82. The van der Waals surface area contributed by atoms with Crippen LogP contribution < -0.4 is 11.1 Å². The summed E-state index contributed by atoms with van der Waals surface area (Å²) in [7, 11) is 0. The maximum absolute atomic E-state index is 12.6. The molecule has 1 heterocycles. The molecule has 0 atom stereocenters. The molecule has 1 aromatic rings. The highest BCUT2D eigenvalue weighted by molar-refractivity contribution is 6.33. The van der Waals surface area contributed by atoms with Crippen LogP contribution in [0.3, 0.4) is 0 Å². The number of halogens is 1. The van der Waals surface area contributed by atoms with Crippen LogP contribution in [-0.2, 0) is 11.3 Å². The number of carbonyl (C=O) groups excluding carboxylic acids is 2. The lowest BCUT2D eigenvalue weighted by molar-refractivity contribution is -0.126. The Balaban J connectivity index is 2.24. The molecule has 0 saturated heterocycles. The Morgan fingerprint density at radius 2 is 1.95 bits per heavy atom. The summed E-state index contributed by atoms with van der Waals surface area (Å²) in [6.45, 7) is 6.70. The summed E-state index contributed by atoms with van der Waals surface area (Å²) in [6.07, 6.45) is 4.17. The van der Waals surface area contributed by atoms with Gasteiger partial charge in [0.05, 0.1) is 11.2 Å². The van der Waals surface area contributed by atoms with E-state index >= 15 is 0 Å². The molecule has 3 N–H and O–H groups in total. The van der Waals surface area contributed by atoms with Crippen molar-refractivity contribution in [3.05, 3.63) is 16.9 Å². The van der Waals surface area contributed by atoms with E-state index in [2.05, 4.69) is 24.3 Å². The number of carbonyl (C=O) groups is 2. The maximum atomic E-state index is 12.6. The van der Waals surface area contributed by atoms with E-state index in [1.54, 1.807) is 0 Å². The Hall–Kier alpha value is -1.56. The quantitative estimate of drug-likeness (QED) is 0.887. The predicted octanol–water partition coefficient (Wildman–Crippen LogP) is 2.11. The van der Waals surface area contributed by atoms with E-state index in [-0.39, 0.29) is 16.1 Å². The minimum absolute atomic E-state index is 0.159. The number of nitrogens with one attached hydrogen (secondary N) is 1. The average molecular weight is 327 g/mol. The van der Waals surface area contributed by atoms with Gasteiger partial charge < -0.3 is 11.1 Å². The van der Waals surface area contributed by atoms with E-state index in [9.17, 15) is 9.59 Å². The molecule has 1 saturated carbocycles. The molecule has 1 aliphatic carbocycles. The van der Waals surface area contributed by atoms with E-state index < -0.39 is 17.4 Å². The van der Waals surface area contributed by atoms with Crippen molar-refractivity contribution in [2.24, 2.45) is 11.1 Å². The molecule has 0 unspecified atom stereocenters. The molecule has 2 amide bonds. The van der Waals surface area contributed by atoms with Crippen molar-refractivity contribution in [2.75, 3.05) is 0 Å². The fourth-order valence-corrected chi connectivity index (χ4v) is 3.12. The minimum atomic E-state index is -1.00. The first-order chi connectivity index (χ1) is 10.2. The Labute approximate surface area is 135 Å². The second-order valence-corrected chi connectivity index (χ2v) is 7.13. The molecule has 22 heavy (non-hydrogen) atoms. The molecular formula is C15H23ClN4O2. The fourth-order valence-electron chi connectivity index (χ4n) is 2.89. The number of aryl methyl sites for hydroxylation is 1. The minimum Gasteiger partial charge on any atom is -0.368 e. The smallest absolute Gasteiger partial charge is 0.271 e. The van der Waals surface area contributed by atoms with Crippen LogP contribution in [0.2, 0.25) is 5.02 Å². The monoisotopic (exact) mass is 326 g/mol. The van der Waals surface area contributed by atoms with Crippen LogP contribution in [0.25, 0.3) is 0 Å². The van der Waals surface area contributed by atoms with Gasteiger partial charge in [0.1, 0.15) is 11.2 Å². The molecule has 0 aromatic carbocycles. The summed E-state index contributed by atoms with van der Waals surface area (Å²) < 4.78 is 1.51. The standard InChI is InChI=1S/C15H23ClN4O2/c1-4-20-11(10(16)9-18-20)12(21)19-15(13(17)22)7-5-14(2,3)6-8-15/h9H,4-8H2,1-3H3,(H2,17,22)(H,19,21). The van der Waals surface area contributed by atoms with Gasteiger partial charge in [-0.15, -0.1) is 0 Å². The van der Waals surface area contributed by atoms with Crippen molar-refractivity contribution in [3.63, 3.8) is 0 Å². The molecule has 0 bridgehead atoms. The summed E-state index contributed by atoms with van der Waals surface area (Å²) in [5.41, 5.74) is 5.02. The third-order valence-corrected chi connectivity index (χ3v) is 4.87. The normalized spacial score (nSPS) is 19.6. The van der Waals surface area contributed by atoms with Crippen molar-refractivity contribution in [2.45, 2.75) is 58.5 Å². The second kappa shape index (κ2) is 5.91. The van der Waals surface area contributed by atoms with Crippen molar-refractivity contribution in [3.8, 4) is 0 Å². The number of hydrogen-bond donors (Lipinski definition) is 2. The van der Waals surface area contributed by atoms with Gasteiger partial charge in [-0.05, 0) is 38.0 Å². The molecule has 0 aliphatic heterocycles. The van der Waals surface area contributed by atoms with E-state index in [0.29, 0.717) is 19.4 Å². The van der Waals surface area contributed by atoms with E-state index in [1.165, 1.54) is 10.9 Å². The largest absolute Gasteiger partial charge is 0.368 e. The Morgan fingerprint density at radius 3 is 2.45 bits per heavy atom. The summed E-state index contributed by atoms with van der Waals surface area (Å²) in [4.78, 5) is 24.6. The lowest BCUT2D eigenvalue weighted by Gasteiger charge is -2.41. The molecule has 1 fully saturated rings. The van der Waals surface area contributed by atoms with E-state index in [4.69, 9.17) is 17.3 Å². The number of amides is 2. The lowest BCUT2D eigenvalue weighted by Crippen LogP contribution is -2.60. The topological polar surface area (TPSA) is 90.0 Å². The first kappa shape index (κ1) is 16.8. The van der Waals surface area contributed by atoms with Crippen molar-refractivity contribution < 1.29 is 9.59 Å². The van der Waals surface area contributed by atoms with Crippen LogP contribution in [0.15, 0.2) is 6.20 Å². The van der Waals surface area contributed by atoms with Crippen LogP contribution in [-0.4, -0.2) is 27.1 Å². The first-order valence-corrected chi connectivity index (χ1v) is 7.92. The van der Waals surface area contributed by atoms with Crippen LogP contribution in [0, 0.1) is 5.41 Å². The van der Waals surface area contributed by atoms with Crippen LogP contribution in [0.5, 0.6) is 0 Å². The Morgan fingerprint density at radius 1 is 1.36 bits per heavy atom. The number of nitrogens with zero attached hydrogens (tertiary/aromatic N) is 2. The molecule has 1 aromatic heterocycles. The van der Waals surface area contributed by atoms with Gasteiger partial charge in [0, 0.05) is 6.54 Å². The third-order valence-electron chi connectivity index (χ3n) is 4.59. The molecule has 7 heteroatoms. The Bertz CT molecular complexity index is 584. The summed E-state index contributed by atoms with van der Waals surface area (Å²) in [5.74, 6) is -0.891. The van der Waals surface area contributed by atoms with Crippen molar-refractivity contribution in [1.82, 2.24) is 15.1 Å². The summed E-state index contributed by atoms with van der Waals surface area (Å²) >= 11 is 6.05. The van der Waals surface area contributed by atoms with Gasteiger partial charge in [0.25, 0.3) is 5.91 Å². The highest BCUT2D eigenvalue weighted by atomic mass is 35.5. The van der Waals surface area contributed by atoms with Crippen molar-refractivity contribution in [1.29, 1.82) is 0 Å². The van der Waals surface area contributed by atoms with Gasteiger partial charge in [0.15, 0.2) is 0 Å². The number of primary amides is 1. The summed E-state index contributed by atoms with van der Waals surface area (Å²) in [6, 6.07) is 0. The second-order valence-electron chi connectivity index (χ2n) is 6.72. The zero-order chi connectivity index (χ0) is 16.5. The SMILES string of the molecule is CCn1ncc(Cl)c1C(=O)NC1(C(N)=O)CCC(C)(C)CC1. The van der Waals surface area contributed by atoms with Gasteiger partial charge in [-0.1, -0.05) is 25.4 Å². The molecule has 0 spiro atoms. The molecule has 2 rings (SSSR count). The molecule has 1 aliphatic rings. The maximum Gasteiger partial charge on any atom is 0.271 e. The third kappa shape index (κ3) is 3.11. The van der Waals surface area contributed by atoms with Gasteiger partial charge in [-0.3, -0.25) is 14.3 Å². The number of nitrogens with two attached hydrogens (primary N) is 1.